The summed E-state index contributed by atoms with van der Waals surface area (Å²) in [6.07, 6.45) is 3.54. The van der Waals surface area contributed by atoms with E-state index in [9.17, 15) is 4.79 Å². The summed E-state index contributed by atoms with van der Waals surface area (Å²) in [5.41, 5.74) is 0. The summed E-state index contributed by atoms with van der Waals surface area (Å²) in [5, 5.41) is 0. The molecule has 18 heavy (non-hydrogen) atoms. The number of Topliss-reactive ketones (excluding diaryl/α,β-unsaturated/α-hetero) is 1. The number of anilines is 1. The van der Waals surface area contributed by atoms with Crippen molar-refractivity contribution in [2.24, 2.45) is 0 Å². The summed E-state index contributed by atoms with van der Waals surface area (Å²) in [6.45, 7) is 6.88. The standard InChI is InChI=1S/C14H21N3O/c1-13(18)5-4-8-16-9-11-17(12-10-16)14-6-2-3-7-15-14/h2-3,6-7H,4-5,8-12H2,1H3. The summed E-state index contributed by atoms with van der Waals surface area (Å²) in [6, 6.07) is 6.04. The molecule has 0 N–H and O–H groups in total. The second-order valence-electron chi connectivity index (χ2n) is 4.82. The molecule has 0 radical (unpaired) electrons. The first-order valence-electron chi connectivity index (χ1n) is 6.63. The zero-order valence-electron chi connectivity index (χ0n) is 11.0. The number of ketones is 1. The number of carbonyl (C=O) groups excluding carboxylic acids is 1. The predicted octanol–water partition coefficient (Wildman–Crippen LogP) is 1.57. The topological polar surface area (TPSA) is 36.4 Å². The third-order valence-corrected chi connectivity index (χ3v) is 3.35. The Labute approximate surface area is 109 Å². The van der Waals surface area contributed by atoms with Gasteiger partial charge in [-0.2, -0.15) is 0 Å². The molecule has 0 unspecified atom stereocenters. The summed E-state index contributed by atoms with van der Waals surface area (Å²) in [5.74, 6) is 1.36. The van der Waals surface area contributed by atoms with Crippen molar-refractivity contribution in [2.45, 2.75) is 19.8 Å². The number of piperazine rings is 1. The molecule has 0 bridgehead atoms. The lowest BCUT2D eigenvalue weighted by Gasteiger charge is -2.35. The number of nitrogens with zero attached hydrogens (tertiary/aromatic N) is 3. The fraction of sp³-hybridized carbons (Fsp3) is 0.571. The second-order valence-corrected chi connectivity index (χ2v) is 4.82. The molecule has 0 spiro atoms. The van der Waals surface area contributed by atoms with Crippen molar-refractivity contribution in [3.8, 4) is 0 Å². The van der Waals surface area contributed by atoms with Crippen LogP contribution < -0.4 is 4.90 Å². The number of rotatable bonds is 5. The predicted molar refractivity (Wildman–Crippen MR) is 72.8 cm³/mol. The van der Waals surface area contributed by atoms with E-state index in [0.29, 0.717) is 12.2 Å². The van der Waals surface area contributed by atoms with Crippen LogP contribution in [0.1, 0.15) is 19.8 Å². The highest BCUT2D eigenvalue weighted by atomic mass is 16.1. The Hall–Kier alpha value is -1.42. The molecule has 98 valence electrons. The Morgan fingerprint density at radius 1 is 1.28 bits per heavy atom. The fourth-order valence-corrected chi connectivity index (χ4v) is 2.29. The zero-order valence-corrected chi connectivity index (χ0v) is 11.0. The maximum Gasteiger partial charge on any atom is 0.129 e. The van der Waals surface area contributed by atoms with E-state index in [2.05, 4.69) is 20.9 Å². The largest absolute Gasteiger partial charge is 0.354 e. The molecule has 1 aromatic rings. The molecule has 4 heteroatoms. The van der Waals surface area contributed by atoms with Crippen LogP contribution in [-0.4, -0.2) is 48.4 Å². The number of aromatic nitrogens is 1. The van der Waals surface area contributed by atoms with Gasteiger partial charge in [0.2, 0.25) is 0 Å². The molecule has 1 aliphatic heterocycles. The van der Waals surface area contributed by atoms with E-state index in [0.717, 1.165) is 45.0 Å². The number of hydrogen-bond donors (Lipinski definition) is 0. The van der Waals surface area contributed by atoms with E-state index in [1.54, 1.807) is 6.92 Å². The first kappa shape index (κ1) is 13.0. The maximum absolute atomic E-state index is 10.9. The van der Waals surface area contributed by atoms with Gasteiger partial charge in [-0.05, 0) is 32.0 Å². The Balaban J connectivity index is 1.73. The lowest BCUT2D eigenvalue weighted by Crippen LogP contribution is -2.46. The minimum Gasteiger partial charge on any atom is -0.354 e. The maximum atomic E-state index is 10.9. The second kappa shape index (κ2) is 6.50. The third-order valence-electron chi connectivity index (χ3n) is 3.35. The van der Waals surface area contributed by atoms with Crippen molar-refractivity contribution in [3.63, 3.8) is 0 Å². The van der Waals surface area contributed by atoms with E-state index in [-0.39, 0.29) is 0 Å². The molecule has 2 rings (SSSR count). The molecular formula is C14H21N3O. The fourth-order valence-electron chi connectivity index (χ4n) is 2.29. The molecule has 4 nitrogen and oxygen atoms in total. The van der Waals surface area contributed by atoms with Crippen LogP contribution in [0.2, 0.25) is 0 Å². The third kappa shape index (κ3) is 3.81. The molecule has 1 saturated heterocycles. The van der Waals surface area contributed by atoms with Gasteiger partial charge in [0.05, 0.1) is 0 Å². The minimum atomic E-state index is 0.294. The first-order valence-corrected chi connectivity index (χ1v) is 6.63. The number of hydrogen-bond acceptors (Lipinski definition) is 4. The van der Waals surface area contributed by atoms with Crippen molar-refractivity contribution < 1.29 is 4.79 Å². The van der Waals surface area contributed by atoms with Gasteiger partial charge in [0.15, 0.2) is 0 Å². The van der Waals surface area contributed by atoms with Crippen LogP contribution in [-0.2, 0) is 4.79 Å². The van der Waals surface area contributed by atoms with E-state index in [1.807, 2.05) is 18.3 Å². The van der Waals surface area contributed by atoms with E-state index < -0.39 is 0 Å². The van der Waals surface area contributed by atoms with Crippen molar-refractivity contribution in [1.29, 1.82) is 0 Å². The highest BCUT2D eigenvalue weighted by Crippen LogP contribution is 2.12. The van der Waals surface area contributed by atoms with Crippen molar-refractivity contribution in [1.82, 2.24) is 9.88 Å². The van der Waals surface area contributed by atoms with Gasteiger partial charge in [-0.15, -0.1) is 0 Å². The Morgan fingerprint density at radius 2 is 2.06 bits per heavy atom. The molecule has 2 heterocycles. The summed E-state index contributed by atoms with van der Waals surface area (Å²) in [7, 11) is 0. The molecule has 1 aliphatic rings. The van der Waals surface area contributed by atoms with Gasteiger partial charge in [0, 0.05) is 38.8 Å². The van der Waals surface area contributed by atoms with Gasteiger partial charge in [0.25, 0.3) is 0 Å². The van der Waals surface area contributed by atoms with Gasteiger partial charge in [-0.3, -0.25) is 4.90 Å². The monoisotopic (exact) mass is 247 g/mol. The molecule has 0 amide bonds. The van der Waals surface area contributed by atoms with Crippen LogP contribution in [0.25, 0.3) is 0 Å². The van der Waals surface area contributed by atoms with E-state index >= 15 is 0 Å². The average molecular weight is 247 g/mol. The highest BCUT2D eigenvalue weighted by molar-refractivity contribution is 5.75. The van der Waals surface area contributed by atoms with E-state index in [4.69, 9.17) is 0 Å². The normalized spacial score (nSPS) is 16.8. The van der Waals surface area contributed by atoms with Crippen LogP contribution in [0, 0.1) is 0 Å². The van der Waals surface area contributed by atoms with E-state index in [1.165, 1.54) is 0 Å². The minimum absolute atomic E-state index is 0.294. The molecule has 0 aromatic carbocycles. The highest BCUT2D eigenvalue weighted by Gasteiger charge is 2.17. The molecule has 0 atom stereocenters. The van der Waals surface area contributed by atoms with Crippen molar-refractivity contribution in [3.05, 3.63) is 24.4 Å². The van der Waals surface area contributed by atoms with Crippen LogP contribution in [0.4, 0.5) is 5.82 Å². The zero-order chi connectivity index (χ0) is 12.8. The molecule has 0 aliphatic carbocycles. The van der Waals surface area contributed by atoms with Gasteiger partial charge in [0.1, 0.15) is 11.6 Å². The van der Waals surface area contributed by atoms with Gasteiger partial charge in [-0.1, -0.05) is 6.07 Å². The molecule has 1 aromatic heterocycles. The van der Waals surface area contributed by atoms with Crippen molar-refractivity contribution in [2.75, 3.05) is 37.6 Å². The summed E-state index contributed by atoms with van der Waals surface area (Å²) < 4.78 is 0. The molecule has 0 saturated carbocycles. The Kier molecular flexibility index (Phi) is 4.70. The van der Waals surface area contributed by atoms with Crippen LogP contribution in [0.15, 0.2) is 24.4 Å². The SMILES string of the molecule is CC(=O)CCCN1CCN(c2ccccn2)CC1. The van der Waals surface area contributed by atoms with Crippen LogP contribution in [0.5, 0.6) is 0 Å². The molecular weight excluding hydrogens is 226 g/mol. The Bertz CT molecular complexity index is 372. The van der Waals surface area contributed by atoms with Crippen LogP contribution >= 0.6 is 0 Å². The lowest BCUT2D eigenvalue weighted by atomic mass is 10.2. The number of carbonyl (C=O) groups is 1. The Morgan fingerprint density at radius 3 is 2.67 bits per heavy atom. The number of pyridine rings is 1. The lowest BCUT2D eigenvalue weighted by molar-refractivity contribution is -0.117. The summed E-state index contributed by atoms with van der Waals surface area (Å²) in [4.78, 5) is 20.0. The van der Waals surface area contributed by atoms with Crippen LogP contribution in [0.3, 0.4) is 0 Å². The van der Waals surface area contributed by atoms with Gasteiger partial charge >= 0.3 is 0 Å². The van der Waals surface area contributed by atoms with Gasteiger partial charge in [-0.25, -0.2) is 4.98 Å². The van der Waals surface area contributed by atoms with Gasteiger partial charge < -0.3 is 9.69 Å². The first-order chi connectivity index (χ1) is 8.75. The molecule has 1 fully saturated rings. The quantitative estimate of drug-likeness (QED) is 0.791. The summed E-state index contributed by atoms with van der Waals surface area (Å²) >= 11 is 0. The average Bonchev–Trinajstić information content (AvgIpc) is 2.40. The van der Waals surface area contributed by atoms with Crippen molar-refractivity contribution >= 4 is 11.6 Å². The smallest absolute Gasteiger partial charge is 0.129 e.